The van der Waals surface area contributed by atoms with Crippen LogP contribution < -0.4 is 5.73 Å². The van der Waals surface area contributed by atoms with Crippen LogP contribution in [0.1, 0.15) is 57.4 Å². The van der Waals surface area contributed by atoms with E-state index < -0.39 is 0 Å². The van der Waals surface area contributed by atoms with Crippen LogP contribution in [0.15, 0.2) is 30.3 Å². The molecule has 2 nitrogen and oxygen atoms in total. The summed E-state index contributed by atoms with van der Waals surface area (Å²) in [5.74, 6) is 0.508. The molecular formula is C18H30N2. The van der Waals surface area contributed by atoms with Crippen molar-refractivity contribution >= 4 is 0 Å². The summed E-state index contributed by atoms with van der Waals surface area (Å²) in [6.07, 6.45) is 6.68. The smallest absolute Gasteiger partial charge is 0.0287 e. The summed E-state index contributed by atoms with van der Waals surface area (Å²) in [4.78, 5) is 2.71. The highest BCUT2D eigenvalue weighted by molar-refractivity contribution is 5.21. The first-order valence-electron chi connectivity index (χ1n) is 8.28. The Labute approximate surface area is 124 Å². The van der Waals surface area contributed by atoms with E-state index in [1.807, 2.05) is 0 Å². The molecule has 3 unspecified atom stereocenters. The third kappa shape index (κ3) is 3.62. The van der Waals surface area contributed by atoms with Gasteiger partial charge in [-0.1, -0.05) is 57.0 Å². The van der Waals surface area contributed by atoms with Crippen molar-refractivity contribution in [3.8, 4) is 0 Å². The van der Waals surface area contributed by atoms with Gasteiger partial charge in [0, 0.05) is 18.6 Å². The topological polar surface area (TPSA) is 29.3 Å². The van der Waals surface area contributed by atoms with E-state index in [4.69, 9.17) is 5.73 Å². The number of nitrogens with two attached hydrogens (primary N) is 1. The highest BCUT2D eigenvalue weighted by atomic mass is 15.2. The van der Waals surface area contributed by atoms with Gasteiger partial charge in [0.05, 0.1) is 0 Å². The molecule has 1 aromatic carbocycles. The molecule has 0 spiro atoms. The van der Waals surface area contributed by atoms with Crippen molar-refractivity contribution in [1.82, 2.24) is 4.90 Å². The van der Waals surface area contributed by atoms with Crippen LogP contribution >= 0.6 is 0 Å². The second-order valence-electron chi connectivity index (χ2n) is 6.15. The van der Waals surface area contributed by atoms with Crippen molar-refractivity contribution in [2.45, 2.75) is 64.0 Å². The number of nitrogens with zero attached hydrogens (tertiary/aromatic N) is 1. The normalized spacial score (nSPS) is 24.1. The van der Waals surface area contributed by atoms with Crippen molar-refractivity contribution < 1.29 is 0 Å². The zero-order chi connectivity index (χ0) is 14.4. The van der Waals surface area contributed by atoms with Gasteiger partial charge in [-0.15, -0.1) is 0 Å². The average Bonchev–Trinajstić information content (AvgIpc) is 2.74. The van der Waals surface area contributed by atoms with Gasteiger partial charge in [0.2, 0.25) is 0 Å². The predicted octanol–water partition coefficient (Wildman–Crippen LogP) is 3.77. The van der Waals surface area contributed by atoms with Crippen LogP contribution in [0.4, 0.5) is 0 Å². The molecule has 1 aliphatic heterocycles. The van der Waals surface area contributed by atoms with E-state index in [0.29, 0.717) is 12.0 Å². The van der Waals surface area contributed by atoms with Crippen LogP contribution in [0, 0.1) is 0 Å². The van der Waals surface area contributed by atoms with Crippen LogP contribution in [-0.4, -0.2) is 30.1 Å². The maximum absolute atomic E-state index is 6.17. The first-order chi connectivity index (χ1) is 9.77. The van der Waals surface area contributed by atoms with Crippen molar-refractivity contribution in [3.63, 3.8) is 0 Å². The molecule has 1 aromatic rings. The highest BCUT2D eigenvalue weighted by Crippen LogP contribution is 2.28. The number of rotatable bonds is 5. The maximum Gasteiger partial charge on any atom is 0.0287 e. The summed E-state index contributed by atoms with van der Waals surface area (Å²) >= 11 is 0. The number of likely N-dealkylation sites (tertiary alicyclic amines) is 1. The van der Waals surface area contributed by atoms with Gasteiger partial charge in [0.1, 0.15) is 0 Å². The Balaban J connectivity index is 2.16. The van der Waals surface area contributed by atoms with Gasteiger partial charge in [-0.2, -0.15) is 0 Å². The summed E-state index contributed by atoms with van der Waals surface area (Å²) in [5, 5.41) is 0. The quantitative estimate of drug-likeness (QED) is 0.885. The van der Waals surface area contributed by atoms with Crippen molar-refractivity contribution in [2.24, 2.45) is 5.73 Å². The molecule has 3 atom stereocenters. The number of hydrogen-bond acceptors (Lipinski definition) is 2. The van der Waals surface area contributed by atoms with E-state index in [0.717, 1.165) is 12.6 Å². The molecule has 112 valence electrons. The largest absolute Gasteiger partial charge is 0.329 e. The van der Waals surface area contributed by atoms with Crippen LogP contribution in [0.5, 0.6) is 0 Å². The molecule has 2 N–H and O–H groups in total. The molecule has 0 bridgehead atoms. The lowest BCUT2D eigenvalue weighted by molar-refractivity contribution is 0.120. The molecule has 0 saturated carbocycles. The standard InChI is InChI=1S/C18H30N2/c1-3-17-12-8-5-9-13-20(17)18(14-19)15(2)16-10-6-4-7-11-16/h4,6-7,10-11,15,17-18H,3,5,8-9,12-14,19H2,1-2H3. The fourth-order valence-electron chi connectivity index (χ4n) is 3.68. The van der Waals surface area contributed by atoms with E-state index in [1.54, 1.807) is 0 Å². The molecule has 2 rings (SSSR count). The van der Waals surface area contributed by atoms with E-state index >= 15 is 0 Å². The third-order valence-corrected chi connectivity index (χ3v) is 4.96. The summed E-state index contributed by atoms with van der Waals surface area (Å²) < 4.78 is 0. The van der Waals surface area contributed by atoms with Gasteiger partial charge in [-0.05, 0) is 37.3 Å². The Morgan fingerprint density at radius 3 is 2.60 bits per heavy atom. The summed E-state index contributed by atoms with van der Waals surface area (Å²) in [6.45, 7) is 6.64. The molecule has 0 aliphatic carbocycles. The van der Waals surface area contributed by atoms with E-state index in [9.17, 15) is 0 Å². The van der Waals surface area contributed by atoms with Crippen LogP contribution in [0.2, 0.25) is 0 Å². The SMILES string of the molecule is CCC1CCCCCN1C(CN)C(C)c1ccccc1. The maximum atomic E-state index is 6.17. The Morgan fingerprint density at radius 1 is 1.20 bits per heavy atom. The molecule has 20 heavy (non-hydrogen) atoms. The van der Waals surface area contributed by atoms with Gasteiger partial charge < -0.3 is 5.73 Å². The minimum atomic E-state index is 0.473. The molecule has 0 amide bonds. The van der Waals surface area contributed by atoms with Crippen LogP contribution in [0.3, 0.4) is 0 Å². The molecule has 1 aliphatic rings. The Bertz CT molecular complexity index is 376. The van der Waals surface area contributed by atoms with Crippen molar-refractivity contribution in [1.29, 1.82) is 0 Å². The Hall–Kier alpha value is -0.860. The molecule has 1 fully saturated rings. The molecule has 1 heterocycles. The predicted molar refractivity (Wildman–Crippen MR) is 87.0 cm³/mol. The third-order valence-electron chi connectivity index (χ3n) is 4.96. The van der Waals surface area contributed by atoms with Crippen LogP contribution in [0.25, 0.3) is 0 Å². The van der Waals surface area contributed by atoms with E-state index in [-0.39, 0.29) is 0 Å². The van der Waals surface area contributed by atoms with Gasteiger partial charge in [0.15, 0.2) is 0 Å². The minimum Gasteiger partial charge on any atom is -0.329 e. The lowest BCUT2D eigenvalue weighted by Crippen LogP contribution is -2.49. The molecular weight excluding hydrogens is 244 g/mol. The van der Waals surface area contributed by atoms with Crippen molar-refractivity contribution in [2.75, 3.05) is 13.1 Å². The minimum absolute atomic E-state index is 0.473. The number of benzene rings is 1. The molecule has 0 radical (unpaired) electrons. The number of hydrogen-bond donors (Lipinski definition) is 1. The van der Waals surface area contributed by atoms with Gasteiger partial charge in [-0.3, -0.25) is 4.90 Å². The monoisotopic (exact) mass is 274 g/mol. The Morgan fingerprint density at radius 2 is 1.95 bits per heavy atom. The summed E-state index contributed by atoms with van der Waals surface area (Å²) in [6, 6.07) is 12.0. The molecule has 2 heteroatoms. The van der Waals surface area contributed by atoms with Gasteiger partial charge >= 0.3 is 0 Å². The first-order valence-corrected chi connectivity index (χ1v) is 8.28. The van der Waals surface area contributed by atoms with Crippen molar-refractivity contribution in [3.05, 3.63) is 35.9 Å². The second-order valence-corrected chi connectivity index (χ2v) is 6.15. The lowest BCUT2D eigenvalue weighted by Gasteiger charge is -2.39. The van der Waals surface area contributed by atoms with E-state index in [1.165, 1.54) is 44.2 Å². The van der Waals surface area contributed by atoms with Crippen LogP contribution in [-0.2, 0) is 0 Å². The van der Waals surface area contributed by atoms with Gasteiger partial charge in [-0.25, -0.2) is 0 Å². The summed E-state index contributed by atoms with van der Waals surface area (Å²) in [7, 11) is 0. The average molecular weight is 274 g/mol. The summed E-state index contributed by atoms with van der Waals surface area (Å²) in [5.41, 5.74) is 7.59. The fraction of sp³-hybridized carbons (Fsp3) is 0.667. The Kier molecular flexibility index (Phi) is 6.06. The van der Waals surface area contributed by atoms with E-state index in [2.05, 4.69) is 49.1 Å². The second kappa shape index (κ2) is 7.80. The zero-order valence-electron chi connectivity index (χ0n) is 13.1. The molecule has 0 aromatic heterocycles. The zero-order valence-corrected chi connectivity index (χ0v) is 13.1. The lowest BCUT2D eigenvalue weighted by atomic mass is 9.90. The first kappa shape index (κ1) is 15.5. The molecule has 1 saturated heterocycles. The van der Waals surface area contributed by atoms with Gasteiger partial charge in [0.25, 0.3) is 0 Å². The highest BCUT2D eigenvalue weighted by Gasteiger charge is 2.29. The fourth-order valence-corrected chi connectivity index (χ4v) is 3.68.